The van der Waals surface area contributed by atoms with Crippen molar-refractivity contribution in [3.8, 4) is 0 Å². The third kappa shape index (κ3) is 2.74. The Hall–Kier alpha value is -1.01. The molecule has 0 aliphatic heterocycles. The Labute approximate surface area is 75.1 Å². The normalized spacial score (nSPS) is 10.7. The zero-order valence-corrected chi connectivity index (χ0v) is 7.13. The molecule has 0 saturated carbocycles. The van der Waals surface area contributed by atoms with E-state index in [0.717, 1.165) is 12.1 Å². The summed E-state index contributed by atoms with van der Waals surface area (Å²) in [5.41, 5.74) is -0.512. The van der Waals surface area contributed by atoms with Crippen LogP contribution in [0.3, 0.4) is 0 Å². The lowest BCUT2D eigenvalue weighted by Crippen LogP contribution is -1.95. The number of thiol groups is 1. The molecular formula is C7H5F2O3S. The highest BCUT2D eigenvalue weighted by atomic mass is 32.2. The zero-order chi connectivity index (χ0) is 9.84. The maximum absolute atomic E-state index is 12.8. The lowest BCUT2D eigenvalue weighted by molar-refractivity contribution is 0.416. The van der Waals surface area contributed by atoms with E-state index in [2.05, 4.69) is 4.18 Å². The molecule has 0 aromatic heterocycles. The second kappa shape index (κ2) is 4.29. The fourth-order valence-corrected chi connectivity index (χ4v) is 0.911. The first-order chi connectivity index (χ1) is 6.11. The van der Waals surface area contributed by atoms with E-state index in [4.69, 9.17) is 0 Å². The number of rotatable bonds is 3. The van der Waals surface area contributed by atoms with Crippen molar-refractivity contribution in [3.05, 3.63) is 42.0 Å². The molecule has 3 nitrogen and oxygen atoms in total. The monoisotopic (exact) mass is 207 g/mol. The number of hydrogen-bond donors (Lipinski definition) is 1. The summed E-state index contributed by atoms with van der Waals surface area (Å²) in [5, 5.41) is 0. The van der Waals surface area contributed by atoms with Crippen molar-refractivity contribution < 1.29 is 21.4 Å². The Morgan fingerprint density at radius 3 is 2.23 bits per heavy atom. The molecule has 0 aliphatic rings. The number of benzene rings is 1. The molecule has 0 unspecified atom stereocenters. The smallest absolute Gasteiger partial charge is 0.257 e. The number of hydrogen-bond acceptors (Lipinski definition) is 3. The van der Waals surface area contributed by atoms with Crippen molar-refractivity contribution in [3.63, 3.8) is 0 Å². The van der Waals surface area contributed by atoms with Gasteiger partial charge in [0.05, 0.1) is 5.56 Å². The van der Waals surface area contributed by atoms with Crippen molar-refractivity contribution in [1.82, 2.24) is 0 Å². The van der Waals surface area contributed by atoms with Gasteiger partial charge in [0.25, 0.3) is 11.0 Å². The van der Waals surface area contributed by atoms with E-state index in [1.807, 2.05) is 0 Å². The van der Waals surface area contributed by atoms with Gasteiger partial charge in [-0.2, -0.15) is 0 Å². The van der Waals surface area contributed by atoms with E-state index in [-0.39, 0.29) is 0 Å². The molecule has 0 aliphatic carbocycles. The fraction of sp³-hybridized carbons (Fsp3) is 0. The summed E-state index contributed by atoms with van der Waals surface area (Å²) >= 11 is 0. The van der Waals surface area contributed by atoms with Gasteiger partial charge < -0.3 is 0 Å². The van der Waals surface area contributed by atoms with E-state index >= 15 is 0 Å². The van der Waals surface area contributed by atoms with E-state index in [0.29, 0.717) is 6.61 Å². The highest BCUT2D eigenvalue weighted by molar-refractivity contribution is 7.67. The Morgan fingerprint density at radius 2 is 1.77 bits per heavy atom. The maximum Gasteiger partial charge on any atom is 0.257 e. The average Bonchev–Trinajstić information content (AvgIpc) is 2.03. The Morgan fingerprint density at radius 1 is 1.23 bits per heavy atom. The van der Waals surface area contributed by atoms with Gasteiger partial charge in [-0.15, -0.1) is 0 Å². The van der Waals surface area contributed by atoms with Crippen LogP contribution in [-0.2, 0) is 15.2 Å². The summed E-state index contributed by atoms with van der Waals surface area (Å²) in [6, 6.07) is 3.16. The molecule has 0 fully saturated rings. The van der Waals surface area contributed by atoms with Gasteiger partial charge >= 0.3 is 0 Å². The summed E-state index contributed by atoms with van der Waals surface area (Å²) in [5.74, 6) is -1.76. The number of halogens is 2. The van der Waals surface area contributed by atoms with Crippen LogP contribution in [0.2, 0.25) is 0 Å². The molecule has 0 spiro atoms. The van der Waals surface area contributed by atoms with Crippen molar-refractivity contribution >= 4 is 11.0 Å². The third-order valence-corrected chi connectivity index (χ3v) is 1.53. The highest BCUT2D eigenvalue weighted by Crippen LogP contribution is 2.14. The molecule has 0 heterocycles. The van der Waals surface area contributed by atoms with Gasteiger partial charge in [0.1, 0.15) is 18.2 Å². The van der Waals surface area contributed by atoms with Crippen molar-refractivity contribution in [2.75, 3.05) is 0 Å². The molecule has 0 atom stereocenters. The van der Waals surface area contributed by atoms with Crippen LogP contribution in [0.4, 0.5) is 8.78 Å². The first-order valence-electron chi connectivity index (χ1n) is 3.19. The second-order valence-electron chi connectivity index (χ2n) is 2.08. The average molecular weight is 207 g/mol. The topological polar surface area (TPSA) is 43.4 Å². The van der Waals surface area contributed by atoms with Gasteiger partial charge in [-0.05, 0) is 12.1 Å². The molecule has 13 heavy (non-hydrogen) atoms. The summed E-state index contributed by atoms with van der Waals surface area (Å²) in [7, 11) is -3.14. The molecule has 71 valence electrons. The van der Waals surface area contributed by atoms with E-state index in [1.54, 1.807) is 0 Å². The fourth-order valence-electron chi connectivity index (χ4n) is 0.719. The van der Waals surface area contributed by atoms with E-state index in [9.17, 15) is 17.2 Å². The van der Waals surface area contributed by atoms with Crippen LogP contribution < -0.4 is 0 Å². The molecule has 1 rings (SSSR count). The molecule has 0 saturated heterocycles. The summed E-state index contributed by atoms with van der Waals surface area (Å²) in [4.78, 5) is 0. The molecule has 1 aromatic carbocycles. The first kappa shape index (κ1) is 10.1. The standard InChI is InChI=1S/C7H5F2O3S/c8-6-2-1-3-7(9)5(6)4-12-13(10)11/h1-4,13H. The van der Waals surface area contributed by atoms with Gasteiger partial charge in [0, 0.05) is 0 Å². The predicted octanol–water partition coefficient (Wildman–Crippen LogP) is 1.02. The summed E-state index contributed by atoms with van der Waals surface area (Å²) < 4.78 is 49.3. The van der Waals surface area contributed by atoms with Crippen LogP contribution >= 0.6 is 0 Å². The predicted molar refractivity (Wildman–Crippen MR) is 41.2 cm³/mol. The van der Waals surface area contributed by atoms with Crippen LogP contribution in [-0.4, -0.2) is 8.42 Å². The summed E-state index contributed by atoms with van der Waals surface area (Å²) in [6.45, 7) is 0.510. The van der Waals surface area contributed by atoms with Crippen LogP contribution in [0.25, 0.3) is 0 Å². The largest absolute Gasteiger partial charge is 0.261 e. The van der Waals surface area contributed by atoms with Crippen LogP contribution in [0.5, 0.6) is 0 Å². The summed E-state index contributed by atoms with van der Waals surface area (Å²) in [6.07, 6.45) is 0. The Kier molecular flexibility index (Phi) is 3.32. The van der Waals surface area contributed by atoms with E-state index in [1.165, 1.54) is 6.07 Å². The SMILES string of the molecule is O=[SH](=O)O[CH]c1c(F)cccc1F. The van der Waals surface area contributed by atoms with Gasteiger partial charge in [-0.3, -0.25) is 4.18 Å². The van der Waals surface area contributed by atoms with Gasteiger partial charge in [-0.1, -0.05) is 6.07 Å². The first-order valence-corrected chi connectivity index (χ1v) is 4.29. The lowest BCUT2D eigenvalue weighted by atomic mass is 10.2. The molecule has 0 amide bonds. The van der Waals surface area contributed by atoms with E-state index < -0.39 is 28.2 Å². The van der Waals surface area contributed by atoms with Crippen LogP contribution in [0.15, 0.2) is 18.2 Å². The highest BCUT2D eigenvalue weighted by Gasteiger charge is 2.08. The minimum absolute atomic E-state index is 0.510. The molecule has 6 heteroatoms. The molecule has 1 radical (unpaired) electrons. The third-order valence-electron chi connectivity index (χ3n) is 1.26. The Balaban J connectivity index is 2.87. The quantitative estimate of drug-likeness (QED) is 0.752. The molecule has 0 bridgehead atoms. The van der Waals surface area contributed by atoms with Crippen LogP contribution in [0.1, 0.15) is 5.56 Å². The lowest BCUT2D eigenvalue weighted by Gasteiger charge is -2.00. The molecule has 0 N–H and O–H groups in total. The van der Waals surface area contributed by atoms with Crippen LogP contribution in [0, 0.1) is 18.2 Å². The van der Waals surface area contributed by atoms with Gasteiger partial charge in [0.15, 0.2) is 0 Å². The molecular weight excluding hydrogens is 202 g/mol. The van der Waals surface area contributed by atoms with Crippen molar-refractivity contribution in [1.29, 1.82) is 0 Å². The van der Waals surface area contributed by atoms with Crippen molar-refractivity contribution in [2.45, 2.75) is 0 Å². The van der Waals surface area contributed by atoms with Gasteiger partial charge in [-0.25, -0.2) is 17.2 Å². The minimum atomic E-state index is -3.14. The maximum atomic E-state index is 12.8. The van der Waals surface area contributed by atoms with Gasteiger partial charge in [0.2, 0.25) is 0 Å². The molecule has 1 aromatic rings. The zero-order valence-electron chi connectivity index (χ0n) is 6.24. The minimum Gasteiger partial charge on any atom is -0.261 e. The second-order valence-corrected chi connectivity index (χ2v) is 2.74. The Bertz CT molecular complexity index is 348. The van der Waals surface area contributed by atoms with Crippen molar-refractivity contribution in [2.24, 2.45) is 0 Å².